The smallest absolute Gasteiger partial charge is 0.261 e. The molecule has 2 rings (SSSR count). The van der Waals surface area contributed by atoms with Gasteiger partial charge in [-0.2, -0.15) is 0 Å². The van der Waals surface area contributed by atoms with Gasteiger partial charge in [-0.1, -0.05) is 30.7 Å². The number of nitrogens with zero attached hydrogens (tertiary/aromatic N) is 1. The molecular weight excluding hydrogens is 428 g/mol. The summed E-state index contributed by atoms with van der Waals surface area (Å²) in [6.07, 6.45) is 0.470. The van der Waals surface area contributed by atoms with E-state index in [4.69, 9.17) is 21.1 Å². The molecule has 2 aromatic carbocycles. The Morgan fingerprint density at radius 2 is 1.84 bits per heavy atom. The quantitative estimate of drug-likeness (QED) is 0.586. The van der Waals surface area contributed by atoms with E-state index in [0.29, 0.717) is 22.9 Å². The highest BCUT2D eigenvalue weighted by molar-refractivity contribution is 6.31. The molecule has 0 aliphatic carbocycles. The number of carbonyl (C=O) groups is 2. The van der Waals surface area contributed by atoms with E-state index >= 15 is 0 Å². The van der Waals surface area contributed by atoms with Gasteiger partial charge in [0.25, 0.3) is 5.91 Å². The Balaban J connectivity index is 2.26. The summed E-state index contributed by atoms with van der Waals surface area (Å²) in [6.45, 7) is 9.57. The van der Waals surface area contributed by atoms with Crippen LogP contribution >= 0.6 is 11.6 Å². The lowest BCUT2D eigenvalue weighted by Crippen LogP contribution is -2.54. The second kappa shape index (κ2) is 11.2. The molecule has 0 saturated carbocycles. The molecule has 0 fully saturated rings. The Morgan fingerprint density at radius 3 is 2.44 bits per heavy atom. The molecule has 0 spiro atoms. The van der Waals surface area contributed by atoms with Crippen LogP contribution in [0.15, 0.2) is 42.5 Å². The first kappa shape index (κ1) is 25.5. The summed E-state index contributed by atoms with van der Waals surface area (Å²) in [5.74, 6) is 0.763. The van der Waals surface area contributed by atoms with Gasteiger partial charge in [0.2, 0.25) is 5.91 Å². The summed E-state index contributed by atoms with van der Waals surface area (Å²) in [5, 5.41) is 3.62. The summed E-state index contributed by atoms with van der Waals surface area (Å²) >= 11 is 6.07. The molecule has 1 unspecified atom stereocenters. The Hall–Kier alpha value is -2.73. The topological polar surface area (TPSA) is 67.9 Å². The van der Waals surface area contributed by atoms with Gasteiger partial charge in [0.1, 0.15) is 17.5 Å². The van der Waals surface area contributed by atoms with Crippen molar-refractivity contribution in [2.24, 2.45) is 0 Å². The number of amides is 2. The zero-order chi connectivity index (χ0) is 23.9. The Bertz CT molecular complexity index is 940. The summed E-state index contributed by atoms with van der Waals surface area (Å²) in [6, 6.07) is 12.1. The number of benzene rings is 2. The minimum Gasteiger partial charge on any atom is -0.497 e. The molecule has 1 atom stereocenters. The first-order chi connectivity index (χ1) is 15.0. The van der Waals surface area contributed by atoms with Crippen molar-refractivity contribution in [1.29, 1.82) is 0 Å². The Labute approximate surface area is 195 Å². The van der Waals surface area contributed by atoms with Crippen LogP contribution in [0.1, 0.15) is 45.2 Å². The molecular formula is C25H33ClN2O4. The molecule has 0 bridgehead atoms. The number of methoxy groups -OCH3 is 1. The van der Waals surface area contributed by atoms with E-state index in [1.807, 2.05) is 58.9 Å². The van der Waals surface area contributed by atoms with Crippen molar-refractivity contribution in [1.82, 2.24) is 10.2 Å². The van der Waals surface area contributed by atoms with Crippen LogP contribution in [0.3, 0.4) is 0 Å². The lowest BCUT2D eigenvalue weighted by Gasteiger charge is -2.33. The van der Waals surface area contributed by atoms with Crippen LogP contribution < -0.4 is 14.8 Å². The molecule has 0 aliphatic rings. The summed E-state index contributed by atoms with van der Waals surface area (Å²) in [7, 11) is 1.59. The summed E-state index contributed by atoms with van der Waals surface area (Å²) < 4.78 is 11.0. The molecule has 0 radical (unpaired) electrons. The highest BCUT2D eigenvalue weighted by atomic mass is 35.5. The maximum absolute atomic E-state index is 13.3. The van der Waals surface area contributed by atoms with E-state index in [1.165, 1.54) is 0 Å². The van der Waals surface area contributed by atoms with Crippen LogP contribution in [0.5, 0.6) is 11.5 Å². The van der Waals surface area contributed by atoms with E-state index in [2.05, 4.69) is 5.32 Å². The number of halogens is 1. The van der Waals surface area contributed by atoms with E-state index in [0.717, 1.165) is 11.1 Å². The average molecular weight is 461 g/mol. The lowest BCUT2D eigenvalue weighted by molar-refractivity contribution is -0.143. The van der Waals surface area contributed by atoms with Crippen LogP contribution in [-0.4, -0.2) is 42.0 Å². The van der Waals surface area contributed by atoms with Crippen molar-refractivity contribution in [2.45, 2.75) is 59.2 Å². The number of rotatable bonds is 9. The number of aryl methyl sites for hydroxylation is 1. The predicted molar refractivity (Wildman–Crippen MR) is 127 cm³/mol. The van der Waals surface area contributed by atoms with Gasteiger partial charge in [-0.25, -0.2) is 0 Å². The summed E-state index contributed by atoms with van der Waals surface area (Å²) in [5.41, 5.74) is 1.31. The number of ether oxygens (including phenoxy) is 2. The van der Waals surface area contributed by atoms with Gasteiger partial charge < -0.3 is 19.7 Å². The molecule has 1 N–H and O–H groups in total. The van der Waals surface area contributed by atoms with Crippen molar-refractivity contribution in [3.63, 3.8) is 0 Å². The number of hydrogen-bond acceptors (Lipinski definition) is 4. The van der Waals surface area contributed by atoms with E-state index < -0.39 is 11.6 Å². The van der Waals surface area contributed by atoms with Gasteiger partial charge in [0, 0.05) is 17.1 Å². The van der Waals surface area contributed by atoms with Crippen LogP contribution in [0.25, 0.3) is 0 Å². The zero-order valence-electron chi connectivity index (χ0n) is 19.7. The van der Waals surface area contributed by atoms with Gasteiger partial charge in [0.05, 0.1) is 7.11 Å². The van der Waals surface area contributed by atoms with Crippen molar-refractivity contribution in [2.75, 3.05) is 13.7 Å². The van der Waals surface area contributed by atoms with Crippen LogP contribution in [0, 0.1) is 6.92 Å². The molecule has 2 amide bonds. The van der Waals surface area contributed by atoms with Crippen molar-refractivity contribution in [3.05, 3.63) is 58.6 Å². The standard InChI is InChI=1S/C25H33ClN2O4/c1-7-22(24(30)27-25(3,4)5)28(15-18-9-8-10-19(14-18)31-6)23(29)16-32-20-11-12-21(26)17(2)13-20/h8-14,22H,7,15-16H2,1-6H3,(H,27,30). The highest BCUT2D eigenvalue weighted by Gasteiger charge is 2.31. The Morgan fingerprint density at radius 1 is 1.12 bits per heavy atom. The van der Waals surface area contributed by atoms with Gasteiger partial charge in [-0.05, 0) is 75.6 Å². The molecule has 7 heteroatoms. The minimum atomic E-state index is -0.636. The lowest BCUT2D eigenvalue weighted by atomic mass is 10.1. The molecule has 32 heavy (non-hydrogen) atoms. The van der Waals surface area contributed by atoms with Crippen molar-refractivity contribution >= 4 is 23.4 Å². The van der Waals surface area contributed by atoms with E-state index in [-0.39, 0.29) is 25.0 Å². The maximum atomic E-state index is 13.3. The van der Waals surface area contributed by atoms with Gasteiger partial charge in [-0.3, -0.25) is 9.59 Å². The van der Waals surface area contributed by atoms with E-state index in [1.54, 1.807) is 30.2 Å². The first-order valence-electron chi connectivity index (χ1n) is 10.7. The van der Waals surface area contributed by atoms with Gasteiger partial charge >= 0.3 is 0 Å². The molecule has 0 saturated heterocycles. The second-order valence-electron chi connectivity index (χ2n) is 8.74. The monoisotopic (exact) mass is 460 g/mol. The normalized spacial score (nSPS) is 12.1. The molecule has 0 heterocycles. The third kappa shape index (κ3) is 7.45. The van der Waals surface area contributed by atoms with Gasteiger partial charge in [-0.15, -0.1) is 0 Å². The maximum Gasteiger partial charge on any atom is 0.261 e. The van der Waals surface area contributed by atoms with Crippen LogP contribution in [0.2, 0.25) is 5.02 Å². The second-order valence-corrected chi connectivity index (χ2v) is 9.14. The number of nitrogens with one attached hydrogen (secondary N) is 1. The third-order valence-electron chi connectivity index (χ3n) is 4.86. The zero-order valence-corrected chi connectivity index (χ0v) is 20.5. The highest BCUT2D eigenvalue weighted by Crippen LogP contribution is 2.22. The molecule has 0 aromatic heterocycles. The third-order valence-corrected chi connectivity index (χ3v) is 5.29. The molecule has 0 aliphatic heterocycles. The van der Waals surface area contributed by atoms with Gasteiger partial charge in [0.15, 0.2) is 6.61 Å². The molecule has 6 nitrogen and oxygen atoms in total. The molecule has 2 aromatic rings. The fourth-order valence-corrected chi connectivity index (χ4v) is 3.39. The van der Waals surface area contributed by atoms with E-state index in [9.17, 15) is 9.59 Å². The minimum absolute atomic E-state index is 0.190. The van der Waals surface area contributed by atoms with Crippen molar-refractivity contribution < 1.29 is 19.1 Å². The largest absolute Gasteiger partial charge is 0.497 e. The van der Waals surface area contributed by atoms with Crippen LogP contribution in [-0.2, 0) is 16.1 Å². The van der Waals surface area contributed by atoms with Crippen molar-refractivity contribution in [3.8, 4) is 11.5 Å². The SMILES string of the molecule is CCC(C(=O)NC(C)(C)C)N(Cc1cccc(OC)c1)C(=O)COc1ccc(Cl)c(C)c1. The predicted octanol–water partition coefficient (Wildman–Crippen LogP) is 4.76. The van der Waals surface area contributed by atoms with Crippen LogP contribution in [0.4, 0.5) is 0 Å². The first-order valence-corrected chi connectivity index (χ1v) is 11.0. The fraction of sp³-hybridized carbons (Fsp3) is 0.440. The number of hydrogen-bond donors (Lipinski definition) is 1. The molecule has 174 valence electrons. The number of carbonyl (C=O) groups excluding carboxylic acids is 2. The fourth-order valence-electron chi connectivity index (χ4n) is 3.27. The summed E-state index contributed by atoms with van der Waals surface area (Å²) in [4.78, 5) is 27.8. The average Bonchev–Trinajstić information content (AvgIpc) is 2.73. The Kier molecular flexibility index (Phi) is 8.96.